The summed E-state index contributed by atoms with van der Waals surface area (Å²) in [7, 11) is 1.71. The number of carbonyl (C=O) groups is 2. The summed E-state index contributed by atoms with van der Waals surface area (Å²) >= 11 is 0. The van der Waals surface area contributed by atoms with Gasteiger partial charge < -0.3 is 15.0 Å². The first-order valence-electron chi connectivity index (χ1n) is 8.15. The van der Waals surface area contributed by atoms with Gasteiger partial charge in [-0.25, -0.2) is 0 Å². The van der Waals surface area contributed by atoms with Crippen LogP contribution in [0.5, 0.6) is 0 Å². The van der Waals surface area contributed by atoms with Crippen molar-refractivity contribution in [3.8, 4) is 0 Å². The van der Waals surface area contributed by atoms with Gasteiger partial charge in [-0.3, -0.25) is 9.59 Å². The average Bonchev–Trinajstić information content (AvgIpc) is 2.46. The number of hydrogen-bond acceptors (Lipinski definition) is 3. The molecule has 1 N–H and O–H groups in total. The van der Waals surface area contributed by atoms with Gasteiger partial charge in [0.25, 0.3) is 0 Å². The quantitative estimate of drug-likeness (QED) is 0.814. The van der Waals surface area contributed by atoms with E-state index in [4.69, 9.17) is 4.74 Å². The van der Waals surface area contributed by atoms with Gasteiger partial charge in [0, 0.05) is 7.11 Å². The van der Waals surface area contributed by atoms with E-state index in [1.165, 1.54) is 0 Å². The summed E-state index contributed by atoms with van der Waals surface area (Å²) in [5.41, 5.74) is -0.977. The zero-order valence-corrected chi connectivity index (χ0v) is 13.7. The van der Waals surface area contributed by atoms with Gasteiger partial charge in [0.05, 0.1) is 12.1 Å². The first-order valence-corrected chi connectivity index (χ1v) is 8.15. The molecule has 2 amide bonds. The van der Waals surface area contributed by atoms with E-state index in [-0.39, 0.29) is 23.5 Å². The van der Waals surface area contributed by atoms with Crippen LogP contribution in [0.3, 0.4) is 0 Å². The highest BCUT2D eigenvalue weighted by Gasteiger charge is 2.51. The fraction of sp³-hybridized carbons (Fsp3) is 0.875. The fourth-order valence-electron chi connectivity index (χ4n) is 3.56. The number of nitrogens with one attached hydrogen (secondary N) is 1. The molecule has 21 heavy (non-hydrogen) atoms. The third-order valence-corrected chi connectivity index (χ3v) is 5.46. The Kier molecular flexibility index (Phi) is 4.61. The lowest BCUT2D eigenvalue weighted by Crippen LogP contribution is -2.71. The van der Waals surface area contributed by atoms with E-state index >= 15 is 0 Å². The van der Waals surface area contributed by atoms with Gasteiger partial charge in [-0.1, -0.05) is 20.8 Å². The van der Waals surface area contributed by atoms with Gasteiger partial charge in [-0.2, -0.15) is 0 Å². The maximum atomic E-state index is 13.0. The van der Waals surface area contributed by atoms with Gasteiger partial charge in [0.1, 0.15) is 11.6 Å². The summed E-state index contributed by atoms with van der Waals surface area (Å²) in [6.07, 6.45) is 4.96. The normalized spacial score (nSPS) is 27.2. The summed E-state index contributed by atoms with van der Waals surface area (Å²) in [6, 6.07) is -0.364. The Morgan fingerprint density at radius 3 is 2.24 bits per heavy atom. The summed E-state index contributed by atoms with van der Waals surface area (Å²) in [5.74, 6) is 0.0358. The number of hydrogen-bond donors (Lipinski definition) is 1. The molecule has 1 saturated heterocycles. The van der Waals surface area contributed by atoms with Crippen LogP contribution in [-0.4, -0.2) is 47.6 Å². The molecule has 1 atom stereocenters. The molecule has 0 spiro atoms. The van der Waals surface area contributed by atoms with Crippen LogP contribution in [0, 0.1) is 0 Å². The Morgan fingerprint density at radius 2 is 1.86 bits per heavy atom. The second kappa shape index (κ2) is 5.95. The molecule has 0 radical (unpaired) electrons. The van der Waals surface area contributed by atoms with Crippen molar-refractivity contribution in [1.29, 1.82) is 0 Å². The predicted octanol–water partition coefficient (Wildman–Crippen LogP) is 1.85. The molecule has 1 aliphatic heterocycles. The first-order chi connectivity index (χ1) is 9.97. The Hall–Kier alpha value is -1.10. The van der Waals surface area contributed by atoms with E-state index in [9.17, 15) is 9.59 Å². The molecule has 0 aromatic rings. The second-order valence-corrected chi connectivity index (χ2v) is 6.38. The van der Waals surface area contributed by atoms with E-state index in [1.54, 1.807) is 12.0 Å². The van der Waals surface area contributed by atoms with Crippen molar-refractivity contribution in [1.82, 2.24) is 10.2 Å². The monoisotopic (exact) mass is 296 g/mol. The van der Waals surface area contributed by atoms with E-state index in [0.29, 0.717) is 25.8 Å². The van der Waals surface area contributed by atoms with Crippen molar-refractivity contribution >= 4 is 11.8 Å². The predicted molar refractivity (Wildman–Crippen MR) is 80.8 cm³/mol. The van der Waals surface area contributed by atoms with Crippen LogP contribution in [0.2, 0.25) is 0 Å². The molecule has 5 heteroatoms. The Labute approximate surface area is 127 Å². The minimum absolute atomic E-state index is 0.0219. The topological polar surface area (TPSA) is 58.6 Å². The summed E-state index contributed by atoms with van der Waals surface area (Å²) in [4.78, 5) is 27.2. The summed E-state index contributed by atoms with van der Waals surface area (Å²) in [5, 5.41) is 2.98. The molecular formula is C16H28N2O3. The van der Waals surface area contributed by atoms with Crippen molar-refractivity contribution in [3.05, 3.63) is 0 Å². The minimum atomic E-state index is -0.735. The van der Waals surface area contributed by atoms with E-state index in [1.807, 2.05) is 20.8 Å². The summed E-state index contributed by atoms with van der Waals surface area (Å²) < 4.78 is 5.66. The van der Waals surface area contributed by atoms with Crippen molar-refractivity contribution in [2.75, 3.05) is 13.7 Å². The fourth-order valence-corrected chi connectivity index (χ4v) is 3.56. The van der Waals surface area contributed by atoms with Gasteiger partial charge in [0.2, 0.25) is 11.8 Å². The maximum absolute atomic E-state index is 13.0. The number of methoxy groups -OCH3 is 1. The minimum Gasteiger partial charge on any atom is -0.376 e. The van der Waals surface area contributed by atoms with Crippen molar-refractivity contribution in [3.63, 3.8) is 0 Å². The van der Waals surface area contributed by atoms with Crippen LogP contribution < -0.4 is 5.32 Å². The standard InChI is InChI=1S/C16H28N2O3/c1-5-12-13(19)17-16(6-2,7-3)14(20)18(12)11-15(21-4)9-8-10-15/h12H,5-11H2,1-4H3,(H,17,19). The zero-order chi connectivity index (χ0) is 15.7. The van der Waals surface area contributed by atoms with Crippen LogP contribution in [0.1, 0.15) is 59.3 Å². The molecule has 5 nitrogen and oxygen atoms in total. The van der Waals surface area contributed by atoms with Crippen LogP contribution in [0.15, 0.2) is 0 Å². The molecule has 2 aliphatic rings. The van der Waals surface area contributed by atoms with Crippen LogP contribution in [0.25, 0.3) is 0 Å². The van der Waals surface area contributed by atoms with Gasteiger partial charge >= 0.3 is 0 Å². The van der Waals surface area contributed by atoms with Crippen LogP contribution in [-0.2, 0) is 14.3 Å². The molecule has 0 bridgehead atoms. The Bertz CT molecular complexity index is 408. The number of carbonyl (C=O) groups excluding carboxylic acids is 2. The lowest BCUT2D eigenvalue weighted by Gasteiger charge is -2.50. The van der Waals surface area contributed by atoms with Gasteiger partial charge in [-0.05, 0) is 38.5 Å². The molecular weight excluding hydrogens is 268 g/mol. The molecule has 1 heterocycles. The zero-order valence-electron chi connectivity index (χ0n) is 13.7. The number of ether oxygens (including phenoxy) is 1. The van der Waals surface area contributed by atoms with Crippen LogP contribution >= 0.6 is 0 Å². The van der Waals surface area contributed by atoms with Crippen molar-refractivity contribution in [2.45, 2.75) is 76.5 Å². The van der Waals surface area contributed by atoms with Crippen molar-refractivity contribution in [2.24, 2.45) is 0 Å². The van der Waals surface area contributed by atoms with E-state index in [0.717, 1.165) is 19.3 Å². The molecule has 0 aromatic heterocycles. The molecule has 1 unspecified atom stereocenters. The number of nitrogens with zero attached hydrogens (tertiary/aromatic N) is 1. The van der Waals surface area contributed by atoms with Crippen LogP contribution in [0.4, 0.5) is 0 Å². The SMILES string of the molecule is CCC1C(=O)NC(CC)(CC)C(=O)N1CC1(OC)CCC1. The number of amides is 2. The lowest BCUT2D eigenvalue weighted by atomic mass is 9.78. The average molecular weight is 296 g/mol. The highest BCUT2D eigenvalue weighted by atomic mass is 16.5. The molecule has 120 valence electrons. The van der Waals surface area contributed by atoms with E-state index in [2.05, 4.69) is 5.32 Å². The highest BCUT2D eigenvalue weighted by molar-refractivity contribution is 5.99. The lowest BCUT2D eigenvalue weighted by molar-refractivity contribution is -0.165. The molecule has 2 rings (SSSR count). The third kappa shape index (κ3) is 2.56. The van der Waals surface area contributed by atoms with E-state index < -0.39 is 5.54 Å². The van der Waals surface area contributed by atoms with Gasteiger partial charge in [0.15, 0.2) is 0 Å². The molecule has 1 aliphatic carbocycles. The Morgan fingerprint density at radius 1 is 1.24 bits per heavy atom. The third-order valence-electron chi connectivity index (χ3n) is 5.46. The summed E-state index contributed by atoms with van der Waals surface area (Å²) in [6.45, 7) is 6.41. The molecule has 0 aromatic carbocycles. The largest absolute Gasteiger partial charge is 0.376 e. The number of rotatable bonds is 6. The highest BCUT2D eigenvalue weighted by Crippen LogP contribution is 2.38. The Balaban J connectivity index is 2.28. The van der Waals surface area contributed by atoms with Crippen molar-refractivity contribution < 1.29 is 14.3 Å². The smallest absolute Gasteiger partial charge is 0.249 e. The second-order valence-electron chi connectivity index (χ2n) is 6.38. The number of piperazine rings is 1. The molecule has 2 fully saturated rings. The maximum Gasteiger partial charge on any atom is 0.249 e. The first kappa shape index (κ1) is 16.3. The molecule has 1 saturated carbocycles. The van der Waals surface area contributed by atoms with Gasteiger partial charge in [-0.15, -0.1) is 0 Å².